The fourth-order valence-electron chi connectivity index (χ4n) is 5.81. The Kier molecular flexibility index (Phi) is 8.38. The van der Waals surface area contributed by atoms with Gasteiger partial charge in [-0.3, -0.25) is 0 Å². The number of hydrogen-bond acceptors (Lipinski definition) is 0. The predicted octanol–water partition coefficient (Wildman–Crippen LogP) is 10.3. The number of aryl methyl sites for hydroxylation is 4. The van der Waals surface area contributed by atoms with Gasteiger partial charge in [0.1, 0.15) is 0 Å². The maximum Gasteiger partial charge on any atom is -0.00632 e. The van der Waals surface area contributed by atoms with Crippen LogP contribution in [0.25, 0.3) is 0 Å². The van der Waals surface area contributed by atoms with Gasteiger partial charge in [0.25, 0.3) is 0 Å². The van der Waals surface area contributed by atoms with Crippen molar-refractivity contribution >= 4 is 0 Å². The van der Waals surface area contributed by atoms with Crippen molar-refractivity contribution in [2.75, 3.05) is 0 Å². The molecule has 0 radical (unpaired) electrons. The van der Waals surface area contributed by atoms with Crippen molar-refractivity contribution in [3.63, 3.8) is 0 Å². The van der Waals surface area contributed by atoms with Crippen LogP contribution in [0.1, 0.15) is 95.9 Å². The van der Waals surface area contributed by atoms with Gasteiger partial charge in [0, 0.05) is 0 Å². The first-order valence-corrected chi connectivity index (χ1v) is 13.9. The maximum atomic E-state index is 2.47. The Balaban J connectivity index is 0.000000270. The summed E-state index contributed by atoms with van der Waals surface area (Å²) >= 11 is 0. The predicted molar refractivity (Wildman–Crippen MR) is 161 cm³/mol. The van der Waals surface area contributed by atoms with Crippen LogP contribution >= 0.6 is 0 Å². The Morgan fingerprint density at radius 2 is 0.838 bits per heavy atom. The van der Waals surface area contributed by atoms with Crippen LogP contribution in [-0.4, -0.2) is 0 Å². The summed E-state index contributed by atoms with van der Waals surface area (Å²) in [6.07, 6.45) is 2.41. The lowest BCUT2D eigenvalue weighted by molar-refractivity contribution is 0.479. The highest BCUT2D eigenvalue weighted by Crippen LogP contribution is 2.55. The van der Waals surface area contributed by atoms with E-state index in [-0.39, 0.29) is 5.41 Å². The van der Waals surface area contributed by atoms with Crippen LogP contribution in [0.15, 0.2) is 97.1 Å². The zero-order chi connectivity index (χ0) is 26.6. The zero-order valence-electron chi connectivity index (χ0n) is 23.9. The minimum absolute atomic E-state index is 0.221. The van der Waals surface area contributed by atoms with E-state index in [1.807, 2.05) is 0 Å². The molecule has 1 aliphatic rings. The minimum atomic E-state index is 0.221. The second-order valence-electron chi connectivity index (χ2n) is 11.9. The van der Waals surface area contributed by atoms with E-state index >= 15 is 0 Å². The zero-order valence-corrected chi connectivity index (χ0v) is 23.9. The highest BCUT2D eigenvalue weighted by atomic mass is 14.5. The molecule has 3 atom stereocenters. The molecule has 37 heavy (non-hydrogen) atoms. The van der Waals surface area contributed by atoms with Gasteiger partial charge >= 0.3 is 0 Å². The van der Waals surface area contributed by atoms with E-state index in [1.54, 1.807) is 0 Å². The first-order valence-electron chi connectivity index (χ1n) is 13.9. The summed E-state index contributed by atoms with van der Waals surface area (Å²) in [4.78, 5) is 0. The Bertz CT molecular complexity index is 1200. The highest BCUT2D eigenvalue weighted by Gasteiger charge is 2.44. The van der Waals surface area contributed by atoms with Crippen LogP contribution in [0.4, 0.5) is 0 Å². The quantitative estimate of drug-likeness (QED) is 0.268. The molecule has 0 amide bonds. The van der Waals surface area contributed by atoms with Gasteiger partial charge in [-0.05, 0) is 86.0 Å². The molecule has 0 nitrogen and oxygen atoms in total. The van der Waals surface area contributed by atoms with E-state index in [2.05, 4.69) is 146 Å². The lowest BCUT2D eigenvalue weighted by Gasteiger charge is -2.25. The Hall–Kier alpha value is -3.12. The van der Waals surface area contributed by atoms with E-state index in [9.17, 15) is 0 Å². The van der Waals surface area contributed by atoms with Crippen molar-refractivity contribution in [1.82, 2.24) is 0 Å². The molecule has 0 heterocycles. The standard InChI is InChI=1S/C27H30.C10H14/c1-19-5-11-22(12-6-19)25-17-27(4,24-15-9-21(3)10-16-24)18-26(25)23-13-7-20(2)8-14-23;1-8(2)10-6-4-9(3)5-7-10/h5-16,25-26H,17-18H2,1-4H3;4-8H,1-3H3/t25-,26?,27?;/m1./s1. The van der Waals surface area contributed by atoms with E-state index in [1.165, 1.54) is 57.3 Å². The average Bonchev–Trinajstić information content (AvgIpc) is 3.24. The third-order valence-corrected chi connectivity index (χ3v) is 8.33. The summed E-state index contributed by atoms with van der Waals surface area (Å²) < 4.78 is 0. The van der Waals surface area contributed by atoms with Gasteiger partial charge in [-0.25, -0.2) is 0 Å². The molecule has 1 saturated carbocycles. The normalized spacial score (nSPS) is 21.0. The molecule has 4 aromatic rings. The van der Waals surface area contributed by atoms with Crippen molar-refractivity contribution in [2.24, 2.45) is 0 Å². The molecule has 4 aromatic carbocycles. The monoisotopic (exact) mass is 488 g/mol. The smallest absolute Gasteiger partial charge is 0.00632 e. The Labute approximate surface area is 225 Å². The molecule has 0 saturated heterocycles. The third kappa shape index (κ3) is 6.61. The lowest BCUT2D eigenvalue weighted by Crippen LogP contribution is -2.17. The first kappa shape index (κ1) is 26.9. The van der Waals surface area contributed by atoms with Crippen LogP contribution in [0, 0.1) is 27.7 Å². The van der Waals surface area contributed by atoms with Crippen molar-refractivity contribution in [2.45, 2.75) is 84.5 Å². The van der Waals surface area contributed by atoms with Gasteiger partial charge in [0.2, 0.25) is 0 Å². The van der Waals surface area contributed by atoms with Gasteiger partial charge < -0.3 is 0 Å². The van der Waals surface area contributed by atoms with E-state index in [0.717, 1.165) is 0 Å². The highest BCUT2D eigenvalue weighted by molar-refractivity contribution is 5.39. The minimum Gasteiger partial charge on any atom is -0.0590 e. The SMILES string of the molecule is Cc1ccc(C(C)C)cc1.Cc1ccc(C2CC(C)(c3ccc(C)cc3)C[C@@H]2c2ccc(C)cc2)cc1. The fourth-order valence-corrected chi connectivity index (χ4v) is 5.81. The van der Waals surface area contributed by atoms with Crippen LogP contribution < -0.4 is 0 Å². The van der Waals surface area contributed by atoms with Gasteiger partial charge in [0.15, 0.2) is 0 Å². The van der Waals surface area contributed by atoms with Crippen LogP contribution in [0.5, 0.6) is 0 Å². The topological polar surface area (TPSA) is 0 Å². The van der Waals surface area contributed by atoms with Crippen molar-refractivity contribution in [3.8, 4) is 0 Å². The molecule has 1 aliphatic carbocycles. The van der Waals surface area contributed by atoms with Gasteiger partial charge in [-0.15, -0.1) is 0 Å². The molecule has 0 N–H and O–H groups in total. The average molecular weight is 489 g/mol. The second kappa shape index (κ2) is 11.5. The van der Waals surface area contributed by atoms with Crippen LogP contribution in [-0.2, 0) is 5.41 Å². The van der Waals surface area contributed by atoms with Crippen molar-refractivity contribution in [3.05, 3.63) is 142 Å². The van der Waals surface area contributed by atoms with E-state index in [4.69, 9.17) is 0 Å². The summed E-state index contributed by atoms with van der Waals surface area (Å²) in [5.74, 6) is 1.79. The first-order chi connectivity index (χ1) is 17.6. The molecule has 5 rings (SSSR count). The summed E-state index contributed by atoms with van der Waals surface area (Å²) in [5, 5.41) is 0. The number of rotatable bonds is 4. The van der Waals surface area contributed by atoms with E-state index < -0.39 is 0 Å². The Morgan fingerprint density at radius 3 is 1.19 bits per heavy atom. The maximum absolute atomic E-state index is 2.47. The molecule has 0 bridgehead atoms. The molecule has 0 aromatic heterocycles. The third-order valence-electron chi connectivity index (χ3n) is 8.33. The molecular formula is C37H44. The lowest BCUT2D eigenvalue weighted by atomic mass is 9.79. The molecule has 192 valence electrons. The van der Waals surface area contributed by atoms with Gasteiger partial charge in [0.05, 0.1) is 0 Å². The second-order valence-corrected chi connectivity index (χ2v) is 11.9. The molecule has 0 spiro atoms. The number of benzene rings is 4. The van der Waals surface area contributed by atoms with Gasteiger partial charge in [-0.1, -0.05) is 140 Å². The summed E-state index contributed by atoms with van der Waals surface area (Å²) in [7, 11) is 0. The van der Waals surface area contributed by atoms with Crippen molar-refractivity contribution < 1.29 is 0 Å². The van der Waals surface area contributed by atoms with Crippen LogP contribution in [0.3, 0.4) is 0 Å². The van der Waals surface area contributed by atoms with Gasteiger partial charge in [-0.2, -0.15) is 0 Å². The molecule has 0 aliphatic heterocycles. The number of hydrogen-bond donors (Lipinski definition) is 0. The van der Waals surface area contributed by atoms with E-state index in [0.29, 0.717) is 17.8 Å². The fraction of sp³-hybridized carbons (Fsp3) is 0.351. The van der Waals surface area contributed by atoms with Crippen LogP contribution in [0.2, 0.25) is 0 Å². The molecule has 2 unspecified atom stereocenters. The summed E-state index contributed by atoms with van der Waals surface area (Å²) in [6, 6.07) is 36.4. The summed E-state index contributed by atoms with van der Waals surface area (Å²) in [6.45, 7) is 15.5. The Morgan fingerprint density at radius 1 is 0.514 bits per heavy atom. The largest absolute Gasteiger partial charge is 0.0590 e. The molecular weight excluding hydrogens is 444 g/mol. The van der Waals surface area contributed by atoms with Crippen molar-refractivity contribution in [1.29, 1.82) is 0 Å². The molecule has 1 fully saturated rings. The molecule has 0 heteroatoms. The summed E-state index contributed by atoms with van der Waals surface area (Å²) in [5.41, 5.74) is 11.5.